The zero-order valence-electron chi connectivity index (χ0n) is 13.6. The van der Waals surface area contributed by atoms with E-state index in [9.17, 15) is 17.2 Å². The lowest BCUT2D eigenvalue weighted by Gasteiger charge is -2.19. The van der Waals surface area contributed by atoms with Crippen molar-refractivity contribution in [1.82, 2.24) is 14.7 Å². The lowest BCUT2D eigenvalue weighted by molar-refractivity contribution is -0.0498. The maximum Gasteiger partial charge on any atom is 0.387 e. The molecule has 0 saturated carbocycles. The number of ether oxygens (including phenoxy) is 1. The number of rotatable bonds is 8. The molecule has 0 spiro atoms. The van der Waals surface area contributed by atoms with Gasteiger partial charge in [-0.15, -0.1) is 0 Å². The van der Waals surface area contributed by atoms with Gasteiger partial charge in [0.1, 0.15) is 11.8 Å². The Hall–Kier alpha value is -2.84. The summed E-state index contributed by atoms with van der Waals surface area (Å²) in [4.78, 5) is 7.94. The number of nitrogens with one attached hydrogen (secondary N) is 2. The van der Waals surface area contributed by atoms with Crippen molar-refractivity contribution in [2.45, 2.75) is 12.7 Å². The summed E-state index contributed by atoms with van der Waals surface area (Å²) in [5, 5.41) is 11.7. The van der Waals surface area contributed by atoms with Gasteiger partial charge in [-0.3, -0.25) is 0 Å². The lowest BCUT2D eigenvalue weighted by Crippen LogP contribution is -2.31. The van der Waals surface area contributed by atoms with Crippen LogP contribution < -0.4 is 14.8 Å². The molecule has 0 amide bonds. The van der Waals surface area contributed by atoms with E-state index in [0.29, 0.717) is 5.56 Å². The van der Waals surface area contributed by atoms with Crippen molar-refractivity contribution < 1.29 is 21.9 Å². The summed E-state index contributed by atoms with van der Waals surface area (Å²) in [6, 6.07) is 7.02. The molecule has 0 aliphatic rings. The maximum atomic E-state index is 12.2. The molecule has 0 fully saturated rings. The second-order valence-corrected chi connectivity index (χ2v) is 7.01. The minimum absolute atomic E-state index is 0.0202. The fourth-order valence-electron chi connectivity index (χ4n) is 1.98. The smallest absolute Gasteiger partial charge is 0.387 e. The Bertz CT molecular complexity index is 868. The molecule has 2 rings (SSSR count). The predicted octanol–water partition coefficient (Wildman–Crippen LogP) is 1.65. The van der Waals surface area contributed by atoms with Gasteiger partial charge in [0, 0.05) is 6.54 Å². The Morgan fingerprint density at radius 1 is 1.23 bits per heavy atom. The maximum absolute atomic E-state index is 12.2. The topological polar surface area (TPSA) is 117 Å². The quantitative estimate of drug-likeness (QED) is 0.712. The molecule has 138 valence electrons. The number of hydrogen-bond acceptors (Lipinski definition) is 7. The van der Waals surface area contributed by atoms with Gasteiger partial charge in [-0.05, 0) is 17.7 Å². The van der Waals surface area contributed by atoms with E-state index in [4.69, 9.17) is 5.26 Å². The van der Waals surface area contributed by atoms with Crippen LogP contribution in [0.5, 0.6) is 5.75 Å². The lowest BCUT2D eigenvalue weighted by atomic mass is 10.1. The summed E-state index contributed by atoms with van der Waals surface area (Å²) < 4.78 is 53.8. The minimum atomic E-state index is -3.45. The molecule has 0 aliphatic heterocycles. The number of hydrogen-bond donors (Lipinski definition) is 2. The van der Waals surface area contributed by atoms with Crippen LogP contribution in [0.15, 0.2) is 36.7 Å². The first-order chi connectivity index (χ1) is 12.3. The second kappa shape index (κ2) is 8.50. The summed E-state index contributed by atoms with van der Waals surface area (Å²) >= 11 is 0. The third-order valence-electron chi connectivity index (χ3n) is 3.14. The molecule has 1 heterocycles. The SMILES string of the molecule is CS(=O)(=O)NCC(Nc1ncc(C#N)cn1)c1ccc(OC(F)F)cc1. The van der Waals surface area contributed by atoms with Crippen LogP contribution in [0.4, 0.5) is 14.7 Å². The van der Waals surface area contributed by atoms with E-state index in [1.165, 1.54) is 36.7 Å². The van der Waals surface area contributed by atoms with Crippen LogP contribution in [0.25, 0.3) is 0 Å². The number of aromatic nitrogens is 2. The van der Waals surface area contributed by atoms with Crippen LogP contribution in [-0.2, 0) is 10.0 Å². The molecule has 2 N–H and O–H groups in total. The number of nitriles is 1. The number of alkyl halides is 2. The van der Waals surface area contributed by atoms with Gasteiger partial charge in [0.05, 0.1) is 30.3 Å². The van der Waals surface area contributed by atoms with Crippen LogP contribution in [0.2, 0.25) is 0 Å². The van der Waals surface area contributed by atoms with Crippen molar-refractivity contribution in [2.75, 3.05) is 18.1 Å². The zero-order valence-corrected chi connectivity index (χ0v) is 14.4. The van der Waals surface area contributed by atoms with Crippen molar-refractivity contribution in [3.05, 3.63) is 47.8 Å². The highest BCUT2D eigenvalue weighted by Gasteiger charge is 2.16. The van der Waals surface area contributed by atoms with Gasteiger partial charge in [0.25, 0.3) is 0 Å². The molecule has 26 heavy (non-hydrogen) atoms. The normalized spacial score (nSPS) is 12.4. The van der Waals surface area contributed by atoms with Crippen LogP contribution in [-0.4, -0.2) is 37.8 Å². The standard InChI is InChI=1S/C15H15F2N5O3S/c1-26(23,24)21-9-13(22-15-19-7-10(6-18)8-20-15)11-2-4-12(5-3-11)25-14(16)17/h2-5,7-8,13-14,21H,9H2,1H3,(H,19,20,22). The third-order valence-corrected chi connectivity index (χ3v) is 3.83. The third kappa shape index (κ3) is 6.23. The van der Waals surface area contributed by atoms with Crippen LogP contribution in [0, 0.1) is 11.3 Å². The molecule has 0 saturated heterocycles. The molecule has 1 aromatic carbocycles. The molecule has 0 radical (unpaired) electrons. The Kier molecular flexibility index (Phi) is 6.37. The molecular weight excluding hydrogens is 368 g/mol. The van der Waals surface area contributed by atoms with Crippen molar-refractivity contribution in [3.8, 4) is 11.8 Å². The van der Waals surface area contributed by atoms with Crippen LogP contribution >= 0.6 is 0 Å². The van der Waals surface area contributed by atoms with E-state index in [1.54, 1.807) is 0 Å². The molecular formula is C15H15F2N5O3S. The summed E-state index contributed by atoms with van der Waals surface area (Å²) in [5.41, 5.74) is 0.866. The van der Waals surface area contributed by atoms with Crippen molar-refractivity contribution in [3.63, 3.8) is 0 Å². The van der Waals surface area contributed by atoms with Crippen LogP contribution in [0.3, 0.4) is 0 Å². The van der Waals surface area contributed by atoms with Gasteiger partial charge < -0.3 is 10.1 Å². The highest BCUT2D eigenvalue weighted by molar-refractivity contribution is 7.88. The second-order valence-electron chi connectivity index (χ2n) is 5.17. The fourth-order valence-corrected chi connectivity index (χ4v) is 2.45. The Labute approximate surface area is 148 Å². The van der Waals surface area contributed by atoms with Gasteiger partial charge in [0.15, 0.2) is 0 Å². The van der Waals surface area contributed by atoms with Crippen LogP contribution in [0.1, 0.15) is 17.2 Å². The molecule has 0 aliphatic carbocycles. The molecule has 8 nitrogen and oxygen atoms in total. The molecule has 1 aromatic heterocycles. The fraction of sp³-hybridized carbons (Fsp3) is 0.267. The van der Waals surface area contributed by atoms with E-state index in [0.717, 1.165) is 6.26 Å². The Balaban J connectivity index is 2.20. The Morgan fingerprint density at radius 3 is 2.35 bits per heavy atom. The highest BCUT2D eigenvalue weighted by atomic mass is 32.2. The first-order valence-electron chi connectivity index (χ1n) is 7.25. The molecule has 1 unspecified atom stereocenters. The van der Waals surface area contributed by atoms with Gasteiger partial charge >= 0.3 is 6.61 Å². The average Bonchev–Trinajstić information content (AvgIpc) is 2.58. The molecule has 11 heteroatoms. The van der Waals surface area contributed by atoms with E-state index in [-0.39, 0.29) is 23.8 Å². The van der Waals surface area contributed by atoms with E-state index in [1.807, 2.05) is 6.07 Å². The molecule has 2 aromatic rings. The Morgan fingerprint density at radius 2 is 1.85 bits per heavy atom. The minimum Gasteiger partial charge on any atom is -0.435 e. The van der Waals surface area contributed by atoms with Crippen molar-refractivity contribution >= 4 is 16.0 Å². The number of nitrogens with zero attached hydrogens (tertiary/aromatic N) is 3. The number of anilines is 1. The highest BCUT2D eigenvalue weighted by Crippen LogP contribution is 2.21. The van der Waals surface area contributed by atoms with Gasteiger partial charge in [-0.25, -0.2) is 23.1 Å². The largest absolute Gasteiger partial charge is 0.435 e. The number of halogens is 2. The zero-order chi connectivity index (χ0) is 19.2. The van der Waals surface area contributed by atoms with Crippen molar-refractivity contribution in [2.24, 2.45) is 0 Å². The number of benzene rings is 1. The molecule has 0 bridgehead atoms. The first kappa shape index (κ1) is 19.5. The van der Waals surface area contributed by atoms with Gasteiger partial charge in [0.2, 0.25) is 16.0 Å². The van der Waals surface area contributed by atoms with E-state index in [2.05, 4.69) is 24.7 Å². The van der Waals surface area contributed by atoms with E-state index < -0.39 is 22.7 Å². The first-order valence-corrected chi connectivity index (χ1v) is 9.14. The summed E-state index contributed by atoms with van der Waals surface area (Å²) in [6.07, 6.45) is 3.65. The number of sulfonamides is 1. The summed E-state index contributed by atoms with van der Waals surface area (Å²) in [6.45, 7) is -2.97. The summed E-state index contributed by atoms with van der Waals surface area (Å²) in [5.74, 6) is 0.158. The van der Waals surface area contributed by atoms with Crippen molar-refractivity contribution in [1.29, 1.82) is 5.26 Å². The average molecular weight is 383 g/mol. The summed E-state index contributed by atoms with van der Waals surface area (Å²) in [7, 11) is -3.45. The predicted molar refractivity (Wildman–Crippen MR) is 89.0 cm³/mol. The molecule has 1 atom stereocenters. The van der Waals surface area contributed by atoms with Gasteiger partial charge in [-0.2, -0.15) is 14.0 Å². The van der Waals surface area contributed by atoms with E-state index >= 15 is 0 Å². The van der Waals surface area contributed by atoms with Gasteiger partial charge in [-0.1, -0.05) is 12.1 Å². The monoisotopic (exact) mass is 383 g/mol.